The van der Waals surface area contributed by atoms with E-state index in [0.717, 1.165) is 0 Å². The first-order chi connectivity index (χ1) is 14.9. The van der Waals surface area contributed by atoms with Gasteiger partial charge in [-0.25, -0.2) is 0 Å². The summed E-state index contributed by atoms with van der Waals surface area (Å²) in [5, 5.41) is 43.1. The van der Waals surface area contributed by atoms with Crippen LogP contribution >= 0.6 is 0 Å². The largest absolute Gasteiger partial charge is 0.508 e. The van der Waals surface area contributed by atoms with Gasteiger partial charge < -0.3 is 42.1 Å². The van der Waals surface area contributed by atoms with Gasteiger partial charge in [0.2, 0.25) is 17.7 Å². The molecule has 4 unspecified atom stereocenters. The fourth-order valence-electron chi connectivity index (χ4n) is 2.51. The zero-order chi connectivity index (χ0) is 24.4. The molecule has 32 heavy (non-hydrogen) atoms. The maximum absolute atomic E-state index is 12.7. The quantitative estimate of drug-likeness (QED) is 0.163. The summed E-state index contributed by atoms with van der Waals surface area (Å²) in [5.41, 5.74) is 5.98. The average molecular weight is 454 g/mol. The number of carboxylic acid groups (broad SMARTS) is 2. The van der Waals surface area contributed by atoms with Crippen LogP contribution in [0.5, 0.6) is 5.75 Å². The van der Waals surface area contributed by atoms with E-state index in [0.29, 0.717) is 5.56 Å². The summed E-state index contributed by atoms with van der Waals surface area (Å²) in [6, 6.07) is 1.24. The molecule has 0 aliphatic carbocycles. The fraction of sp³-hybridized carbons (Fsp3) is 0.421. The number of aromatic hydroxyl groups is 1. The van der Waals surface area contributed by atoms with Gasteiger partial charge in [0, 0.05) is 6.42 Å². The summed E-state index contributed by atoms with van der Waals surface area (Å²) in [5.74, 6) is -5.67. The minimum absolute atomic E-state index is 0.0386. The molecule has 0 radical (unpaired) electrons. The second-order valence-electron chi connectivity index (χ2n) is 6.97. The highest BCUT2D eigenvalue weighted by Crippen LogP contribution is 2.12. The second-order valence-corrected chi connectivity index (χ2v) is 6.97. The number of benzene rings is 1. The van der Waals surface area contributed by atoms with Crippen LogP contribution < -0.4 is 21.7 Å². The van der Waals surface area contributed by atoms with Gasteiger partial charge in [-0.05, 0) is 24.6 Å². The number of aliphatic hydroxyl groups is 1. The van der Waals surface area contributed by atoms with Crippen molar-refractivity contribution in [3.63, 3.8) is 0 Å². The molecule has 0 aromatic heterocycles. The number of phenols is 1. The molecule has 0 fully saturated rings. The van der Waals surface area contributed by atoms with Gasteiger partial charge in [0.15, 0.2) is 0 Å². The van der Waals surface area contributed by atoms with Gasteiger partial charge in [-0.3, -0.25) is 24.0 Å². The molecule has 9 N–H and O–H groups in total. The Kier molecular flexibility index (Phi) is 10.1. The van der Waals surface area contributed by atoms with Crippen LogP contribution in [0.25, 0.3) is 0 Å². The number of carbonyl (C=O) groups is 5. The van der Waals surface area contributed by atoms with E-state index in [1.54, 1.807) is 0 Å². The first-order valence-electron chi connectivity index (χ1n) is 9.44. The maximum Gasteiger partial charge on any atom is 0.322 e. The first-order valence-corrected chi connectivity index (χ1v) is 9.44. The number of rotatable bonds is 12. The fourth-order valence-corrected chi connectivity index (χ4v) is 2.51. The van der Waals surface area contributed by atoms with Crippen molar-refractivity contribution < 1.29 is 44.4 Å². The van der Waals surface area contributed by atoms with Crippen LogP contribution in [0.4, 0.5) is 0 Å². The molecule has 0 saturated carbocycles. The smallest absolute Gasteiger partial charge is 0.322 e. The lowest BCUT2D eigenvalue weighted by molar-refractivity contribution is -0.141. The molecule has 3 amide bonds. The third-order valence-corrected chi connectivity index (χ3v) is 4.26. The number of aliphatic carboxylic acids is 2. The Morgan fingerprint density at radius 3 is 1.97 bits per heavy atom. The topological polar surface area (TPSA) is 228 Å². The minimum Gasteiger partial charge on any atom is -0.508 e. The summed E-state index contributed by atoms with van der Waals surface area (Å²) in [6.45, 7) is 0.510. The van der Waals surface area contributed by atoms with Crippen molar-refractivity contribution in [2.45, 2.75) is 44.0 Å². The van der Waals surface area contributed by atoms with Gasteiger partial charge in [0.1, 0.15) is 30.4 Å². The van der Waals surface area contributed by atoms with E-state index in [2.05, 4.69) is 16.0 Å². The highest BCUT2D eigenvalue weighted by Gasteiger charge is 2.31. The van der Waals surface area contributed by atoms with E-state index < -0.39 is 66.9 Å². The molecule has 4 atom stereocenters. The summed E-state index contributed by atoms with van der Waals surface area (Å²) in [4.78, 5) is 59.0. The van der Waals surface area contributed by atoms with E-state index in [1.807, 2.05) is 0 Å². The SMILES string of the molecule is CC(O)C(N)C(=O)NC(CC(=O)O)C(=O)NC(Cc1ccc(O)cc1)C(=O)NCC(=O)O. The van der Waals surface area contributed by atoms with Crippen LogP contribution in [0.2, 0.25) is 0 Å². The third kappa shape index (κ3) is 8.97. The minimum atomic E-state index is -1.63. The van der Waals surface area contributed by atoms with Crippen LogP contribution in [0.1, 0.15) is 18.9 Å². The van der Waals surface area contributed by atoms with Gasteiger partial charge in [0.05, 0.1) is 12.5 Å². The monoisotopic (exact) mass is 454 g/mol. The standard InChI is InChI=1S/C19H26N4O9/c1-9(24)16(20)19(32)23-13(7-14(26)27)18(31)22-12(17(30)21-8-15(28)29)6-10-2-4-11(25)5-3-10/h2-5,9,12-13,16,24-25H,6-8,20H2,1H3,(H,21,30)(H,22,31)(H,23,32)(H,26,27)(H,28,29). The summed E-state index contributed by atoms with van der Waals surface area (Å²) >= 11 is 0. The van der Waals surface area contributed by atoms with Gasteiger partial charge in [0.25, 0.3) is 0 Å². The van der Waals surface area contributed by atoms with Crippen molar-refractivity contribution in [3.05, 3.63) is 29.8 Å². The van der Waals surface area contributed by atoms with Gasteiger partial charge in [-0.2, -0.15) is 0 Å². The number of amides is 3. The Hall–Kier alpha value is -3.71. The summed E-state index contributed by atoms with van der Waals surface area (Å²) in [7, 11) is 0. The van der Waals surface area contributed by atoms with Gasteiger partial charge in [-0.15, -0.1) is 0 Å². The number of nitrogens with one attached hydrogen (secondary N) is 3. The molecule has 0 saturated heterocycles. The van der Waals surface area contributed by atoms with Crippen LogP contribution in [-0.4, -0.2) is 80.9 Å². The van der Waals surface area contributed by atoms with Crippen molar-refractivity contribution in [3.8, 4) is 5.75 Å². The Bertz CT molecular complexity index is 842. The number of carboxylic acids is 2. The Balaban J connectivity index is 3.04. The Morgan fingerprint density at radius 2 is 1.47 bits per heavy atom. The van der Waals surface area contributed by atoms with E-state index >= 15 is 0 Å². The Labute approximate surface area is 182 Å². The van der Waals surface area contributed by atoms with Crippen molar-refractivity contribution in [2.75, 3.05) is 6.54 Å². The normalized spacial score (nSPS) is 14.3. The van der Waals surface area contributed by atoms with Gasteiger partial charge in [-0.1, -0.05) is 12.1 Å². The zero-order valence-corrected chi connectivity index (χ0v) is 17.1. The lowest BCUT2D eigenvalue weighted by Gasteiger charge is -2.24. The zero-order valence-electron chi connectivity index (χ0n) is 17.1. The second kappa shape index (κ2) is 12.2. The molecular weight excluding hydrogens is 428 g/mol. The molecule has 0 bridgehead atoms. The molecule has 176 valence electrons. The summed E-state index contributed by atoms with van der Waals surface area (Å²) in [6.07, 6.45) is -2.24. The van der Waals surface area contributed by atoms with Crippen LogP contribution in [-0.2, 0) is 30.4 Å². The predicted molar refractivity (Wildman–Crippen MR) is 108 cm³/mol. The highest BCUT2D eigenvalue weighted by molar-refractivity contribution is 5.95. The first kappa shape index (κ1) is 26.3. The van der Waals surface area contributed by atoms with Crippen molar-refractivity contribution >= 4 is 29.7 Å². The number of phenolic OH excluding ortho intramolecular Hbond substituents is 1. The third-order valence-electron chi connectivity index (χ3n) is 4.26. The molecule has 0 aliphatic heterocycles. The number of hydrogen-bond donors (Lipinski definition) is 8. The summed E-state index contributed by atoms with van der Waals surface area (Å²) < 4.78 is 0. The van der Waals surface area contributed by atoms with E-state index in [9.17, 15) is 34.2 Å². The molecule has 0 aliphatic rings. The van der Waals surface area contributed by atoms with Crippen LogP contribution in [0, 0.1) is 0 Å². The molecule has 0 spiro atoms. The molecule has 1 rings (SSSR count). The molecule has 0 heterocycles. The molecule has 13 nitrogen and oxygen atoms in total. The predicted octanol–water partition coefficient (Wildman–Crippen LogP) is -2.71. The van der Waals surface area contributed by atoms with Gasteiger partial charge >= 0.3 is 11.9 Å². The van der Waals surface area contributed by atoms with E-state index in [4.69, 9.17) is 15.9 Å². The van der Waals surface area contributed by atoms with Crippen molar-refractivity contribution in [1.82, 2.24) is 16.0 Å². The van der Waals surface area contributed by atoms with Crippen LogP contribution in [0.15, 0.2) is 24.3 Å². The molecule has 1 aromatic carbocycles. The Morgan fingerprint density at radius 1 is 0.906 bits per heavy atom. The number of carbonyl (C=O) groups excluding carboxylic acids is 3. The molecular formula is C19H26N4O9. The molecule has 1 aromatic rings. The van der Waals surface area contributed by atoms with Crippen LogP contribution in [0.3, 0.4) is 0 Å². The molecule has 13 heteroatoms. The number of hydrogen-bond acceptors (Lipinski definition) is 8. The number of aliphatic hydroxyl groups excluding tert-OH is 1. The van der Waals surface area contributed by atoms with Crippen molar-refractivity contribution in [2.24, 2.45) is 5.73 Å². The van der Waals surface area contributed by atoms with E-state index in [-0.39, 0.29) is 12.2 Å². The number of nitrogens with two attached hydrogens (primary N) is 1. The average Bonchev–Trinajstić information content (AvgIpc) is 2.71. The van der Waals surface area contributed by atoms with Crippen molar-refractivity contribution in [1.29, 1.82) is 0 Å². The van der Waals surface area contributed by atoms with E-state index in [1.165, 1.54) is 31.2 Å². The maximum atomic E-state index is 12.7. The highest BCUT2D eigenvalue weighted by atomic mass is 16.4. The lowest BCUT2D eigenvalue weighted by atomic mass is 10.0. The lowest BCUT2D eigenvalue weighted by Crippen LogP contribution is -2.58.